The number of piperidine rings is 1. The standard InChI is InChI=1S/C34H41NO9/c1-40-30-9-4-3-8-27(30)24-41-19-6-20-42-28-14-11-25(12-15-28)29-17-18-35(34(38)39)23-32(29)44-22-21-43-31-10-5-2-7-26(31)13-16-33(36)37/h2-5,7-12,14-15,29,32H,6,13,16-24H2,1H3,(H,36,37)(H,38,39). The van der Waals surface area contributed by atoms with Crippen LogP contribution in [0.1, 0.15) is 41.9 Å². The molecule has 10 heteroatoms. The lowest BCUT2D eigenvalue weighted by molar-refractivity contribution is -0.136. The fourth-order valence-corrected chi connectivity index (χ4v) is 5.25. The minimum absolute atomic E-state index is 0.0193. The van der Waals surface area contributed by atoms with Crippen LogP contribution in [-0.2, 0) is 27.3 Å². The van der Waals surface area contributed by atoms with E-state index in [1.165, 1.54) is 4.90 Å². The van der Waals surface area contributed by atoms with Crippen molar-refractivity contribution in [2.75, 3.05) is 46.6 Å². The summed E-state index contributed by atoms with van der Waals surface area (Å²) in [6, 6.07) is 23.0. The lowest BCUT2D eigenvalue weighted by atomic mass is 9.87. The van der Waals surface area contributed by atoms with E-state index in [2.05, 4.69) is 0 Å². The van der Waals surface area contributed by atoms with Crippen LogP contribution in [0.3, 0.4) is 0 Å². The van der Waals surface area contributed by atoms with E-state index in [0.29, 0.717) is 45.0 Å². The highest BCUT2D eigenvalue weighted by Crippen LogP contribution is 2.32. The number of amides is 1. The van der Waals surface area contributed by atoms with Crippen LogP contribution in [0.15, 0.2) is 72.8 Å². The number of aryl methyl sites for hydroxylation is 1. The van der Waals surface area contributed by atoms with Gasteiger partial charge < -0.3 is 38.8 Å². The quantitative estimate of drug-likeness (QED) is 0.188. The van der Waals surface area contributed by atoms with Crippen molar-refractivity contribution >= 4 is 12.1 Å². The van der Waals surface area contributed by atoms with Gasteiger partial charge in [-0.2, -0.15) is 0 Å². The van der Waals surface area contributed by atoms with Crippen molar-refractivity contribution in [3.8, 4) is 17.2 Å². The second-order valence-electron chi connectivity index (χ2n) is 10.5. The first kappa shape index (κ1) is 32.6. The van der Waals surface area contributed by atoms with E-state index in [1.807, 2.05) is 72.8 Å². The number of nitrogens with zero attached hydrogens (tertiary/aromatic N) is 1. The van der Waals surface area contributed by atoms with Crippen LogP contribution >= 0.6 is 0 Å². The van der Waals surface area contributed by atoms with Crippen molar-refractivity contribution in [3.63, 3.8) is 0 Å². The van der Waals surface area contributed by atoms with Crippen LogP contribution in [0.2, 0.25) is 0 Å². The van der Waals surface area contributed by atoms with Gasteiger partial charge >= 0.3 is 12.1 Å². The molecular formula is C34H41NO9. The molecule has 2 unspecified atom stereocenters. The summed E-state index contributed by atoms with van der Waals surface area (Å²) in [5.74, 6) is 1.36. The number of ether oxygens (including phenoxy) is 5. The smallest absolute Gasteiger partial charge is 0.407 e. The number of aliphatic carboxylic acids is 1. The third-order valence-electron chi connectivity index (χ3n) is 7.54. The minimum Gasteiger partial charge on any atom is -0.496 e. The Balaban J connectivity index is 1.24. The normalized spacial score (nSPS) is 16.3. The average Bonchev–Trinajstić information content (AvgIpc) is 3.04. The lowest BCUT2D eigenvalue weighted by Gasteiger charge is -2.37. The third kappa shape index (κ3) is 9.89. The second-order valence-corrected chi connectivity index (χ2v) is 10.5. The number of carboxylic acids is 1. The van der Waals surface area contributed by atoms with Gasteiger partial charge in [0.15, 0.2) is 0 Å². The van der Waals surface area contributed by atoms with Crippen molar-refractivity contribution in [1.29, 1.82) is 0 Å². The molecule has 0 spiro atoms. The molecule has 0 aliphatic carbocycles. The number of hydrogen-bond donors (Lipinski definition) is 2. The summed E-state index contributed by atoms with van der Waals surface area (Å²) in [4.78, 5) is 24.1. The van der Waals surface area contributed by atoms with E-state index < -0.39 is 12.1 Å². The first-order valence-electron chi connectivity index (χ1n) is 14.9. The molecule has 1 aliphatic rings. The first-order valence-corrected chi connectivity index (χ1v) is 14.9. The molecule has 0 aromatic heterocycles. The zero-order valence-electron chi connectivity index (χ0n) is 25.1. The van der Waals surface area contributed by atoms with Crippen LogP contribution in [-0.4, -0.2) is 79.9 Å². The van der Waals surface area contributed by atoms with E-state index in [-0.39, 0.29) is 38.2 Å². The topological polar surface area (TPSA) is 124 Å². The Bertz CT molecular complexity index is 1330. The largest absolute Gasteiger partial charge is 0.496 e. The molecule has 1 saturated heterocycles. The number of benzene rings is 3. The summed E-state index contributed by atoms with van der Waals surface area (Å²) in [6.07, 6.45) is 0.484. The molecule has 0 radical (unpaired) electrons. The van der Waals surface area contributed by atoms with E-state index in [0.717, 1.165) is 34.6 Å². The number of carbonyl (C=O) groups is 2. The maximum Gasteiger partial charge on any atom is 0.407 e. The SMILES string of the molecule is COc1ccccc1COCCCOc1ccc(C2CCN(C(=O)O)CC2OCCOc2ccccc2CCC(=O)O)cc1. The number of para-hydroxylation sites is 2. The van der Waals surface area contributed by atoms with Crippen molar-refractivity contribution in [3.05, 3.63) is 89.5 Å². The van der Waals surface area contributed by atoms with Gasteiger partial charge in [0.25, 0.3) is 0 Å². The van der Waals surface area contributed by atoms with E-state index >= 15 is 0 Å². The molecule has 1 amide bonds. The van der Waals surface area contributed by atoms with Crippen LogP contribution in [0, 0.1) is 0 Å². The predicted octanol–water partition coefficient (Wildman–Crippen LogP) is 5.63. The highest BCUT2D eigenvalue weighted by atomic mass is 16.5. The van der Waals surface area contributed by atoms with Gasteiger partial charge in [-0.05, 0) is 48.2 Å². The van der Waals surface area contributed by atoms with Crippen LogP contribution in [0.5, 0.6) is 17.2 Å². The van der Waals surface area contributed by atoms with Gasteiger partial charge in [0.05, 0.1) is 46.2 Å². The van der Waals surface area contributed by atoms with Crippen molar-refractivity contribution < 1.29 is 43.5 Å². The van der Waals surface area contributed by atoms with Gasteiger partial charge in [0.2, 0.25) is 0 Å². The molecule has 2 atom stereocenters. The molecule has 0 bridgehead atoms. The number of carboxylic acid groups (broad SMARTS) is 2. The predicted molar refractivity (Wildman–Crippen MR) is 164 cm³/mol. The molecular weight excluding hydrogens is 566 g/mol. The Morgan fingerprint density at radius 1 is 0.841 bits per heavy atom. The number of likely N-dealkylation sites (tertiary alicyclic amines) is 1. The summed E-state index contributed by atoms with van der Waals surface area (Å²) >= 11 is 0. The fraction of sp³-hybridized carbons (Fsp3) is 0.412. The molecule has 1 heterocycles. The molecule has 236 valence electrons. The lowest BCUT2D eigenvalue weighted by Crippen LogP contribution is -2.46. The molecule has 1 aliphatic heterocycles. The third-order valence-corrected chi connectivity index (χ3v) is 7.54. The Morgan fingerprint density at radius 2 is 1.57 bits per heavy atom. The van der Waals surface area contributed by atoms with Crippen LogP contribution in [0.4, 0.5) is 4.79 Å². The minimum atomic E-state index is -0.962. The highest BCUT2D eigenvalue weighted by molar-refractivity contribution is 5.67. The summed E-state index contributed by atoms with van der Waals surface area (Å²) < 4.78 is 29.1. The van der Waals surface area contributed by atoms with Crippen molar-refractivity contribution in [2.24, 2.45) is 0 Å². The van der Waals surface area contributed by atoms with Gasteiger partial charge in [0.1, 0.15) is 23.9 Å². The van der Waals surface area contributed by atoms with Gasteiger partial charge in [-0.1, -0.05) is 48.5 Å². The maximum absolute atomic E-state index is 11.7. The van der Waals surface area contributed by atoms with Crippen molar-refractivity contribution in [2.45, 2.75) is 44.3 Å². The second kappa shape index (κ2) is 17.1. The highest BCUT2D eigenvalue weighted by Gasteiger charge is 2.33. The van der Waals surface area contributed by atoms with E-state index in [4.69, 9.17) is 28.8 Å². The fourth-order valence-electron chi connectivity index (χ4n) is 5.25. The monoisotopic (exact) mass is 607 g/mol. The van der Waals surface area contributed by atoms with Crippen LogP contribution < -0.4 is 14.2 Å². The Labute approximate surface area is 258 Å². The molecule has 44 heavy (non-hydrogen) atoms. The van der Waals surface area contributed by atoms with Crippen molar-refractivity contribution in [1.82, 2.24) is 4.90 Å². The summed E-state index contributed by atoms with van der Waals surface area (Å²) in [5, 5.41) is 18.6. The summed E-state index contributed by atoms with van der Waals surface area (Å²) in [7, 11) is 1.65. The van der Waals surface area contributed by atoms with Gasteiger partial charge in [-0.15, -0.1) is 0 Å². The van der Waals surface area contributed by atoms with E-state index in [9.17, 15) is 14.7 Å². The average molecular weight is 608 g/mol. The Hall–Kier alpha value is -4.28. The molecule has 0 saturated carbocycles. The molecule has 10 nitrogen and oxygen atoms in total. The molecule has 2 N–H and O–H groups in total. The summed E-state index contributed by atoms with van der Waals surface area (Å²) in [5.41, 5.74) is 2.89. The van der Waals surface area contributed by atoms with Gasteiger partial charge in [0, 0.05) is 30.9 Å². The molecule has 1 fully saturated rings. The Morgan fingerprint density at radius 3 is 2.30 bits per heavy atom. The van der Waals surface area contributed by atoms with E-state index in [1.54, 1.807) is 7.11 Å². The maximum atomic E-state index is 11.7. The number of methoxy groups -OCH3 is 1. The first-order chi connectivity index (χ1) is 21.4. The molecule has 3 aromatic rings. The zero-order chi connectivity index (χ0) is 31.1. The zero-order valence-corrected chi connectivity index (χ0v) is 25.1. The van der Waals surface area contributed by atoms with Crippen LogP contribution in [0.25, 0.3) is 0 Å². The van der Waals surface area contributed by atoms with Gasteiger partial charge in [-0.25, -0.2) is 4.79 Å². The number of hydrogen-bond acceptors (Lipinski definition) is 7. The summed E-state index contributed by atoms with van der Waals surface area (Å²) in [6.45, 7) is 2.79. The number of rotatable bonds is 17. The Kier molecular flexibility index (Phi) is 12.7. The molecule has 3 aromatic carbocycles. The molecule has 4 rings (SSSR count). The van der Waals surface area contributed by atoms with Gasteiger partial charge in [-0.3, -0.25) is 4.79 Å².